The number of hydrogen-bond donors (Lipinski definition) is 4. The topological polar surface area (TPSA) is 279 Å². The van der Waals surface area contributed by atoms with Gasteiger partial charge in [0.05, 0.1) is 45.1 Å². The molecule has 3 aliphatic carbocycles. The molecule has 3 heterocycles. The highest BCUT2D eigenvalue weighted by molar-refractivity contribution is 6.21. The van der Waals surface area contributed by atoms with E-state index in [0.717, 1.165) is 56.6 Å². The predicted molar refractivity (Wildman–Crippen MR) is 359 cm³/mol. The molecule has 4 N–H and O–H groups in total. The van der Waals surface area contributed by atoms with Gasteiger partial charge in [-0.05, 0) is 100 Å². The zero-order chi connectivity index (χ0) is 75.6. The minimum Gasteiger partial charge on any atom is -0.343 e. The van der Waals surface area contributed by atoms with Crippen molar-refractivity contribution in [2.45, 2.75) is 248 Å². The summed E-state index contributed by atoms with van der Waals surface area (Å²) in [6.07, 6.45) is 0.0125. The molecule has 3 saturated carbocycles. The Kier molecular flexibility index (Phi) is 29.1. The van der Waals surface area contributed by atoms with E-state index in [0.29, 0.717) is 19.3 Å². The van der Waals surface area contributed by atoms with Gasteiger partial charge >= 0.3 is 18.0 Å². The van der Waals surface area contributed by atoms with Crippen molar-refractivity contribution in [3.8, 4) is 0 Å². The molecule has 6 rings (SSSR count). The zero-order valence-corrected chi connectivity index (χ0v) is 61.4. The Morgan fingerprint density at radius 3 is 1.75 bits per heavy atom. The van der Waals surface area contributed by atoms with Crippen LogP contribution in [0.2, 0.25) is 0 Å². The highest BCUT2D eigenvalue weighted by atomic mass is 35.5. The number of halogens is 8. The van der Waals surface area contributed by atoms with Crippen LogP contribution in [0.4, 0.5) is 30.7 Å². The third-order valence-corrected chi connectivity index (χ3v) is 22.5. The van der Waals surface area contributed by atoms with Gasteiger partial charge in [-0.1, -0.05) is 99.3 Å². The average molecular weight is 1470 g/mol. The number of carbonyl (C=O) groups is 12. The molecule has 0 aromatic rings. The summed E-state index contributed by atoms with van der Waals surface area (Å²) < 4.78 is 102. The quantitative estimate of drug-likeness (QED) is 0.135. The van der Waals surface area contributed by atoms with Gasteiger partial charge < -0.3 is 60.5 Å². The highest BCUT2D eigenvalue weighted by Gasteiger charge is 2.64. The molecule has 572 valence electrons. The van der Waals surface area contributed by atoms with Gasteiger partial charge in [0.1, 0.15) is 47.8 Å². The van der Waals surface area contributed by atoms with E-state index in [-0.39, 0.29) is 100 Å². The lowest BCUT2D eigenvalue weighted by Gasteiger charge is -2.40. The van der Waals surface area contributed by atoms with Crippen molar-refractivity contribution in [1.29, 1.82) is 0 Å². The number of likely N-dealkylation sites (tertiary alicyclic amines) is 1. The summed E-state index contributed by atoms with van der Waals surface area (Å²) >= 11 is 6.36. The van der Waals surface area contributed by atoms with Crippen LogP contribution in [-0.4, -0.2) is 263 Å². The molecule has 24 nitrogen and oxygen atoms in total. The van der Waals surface area contributed by atoms with E-state index in [4.69, 9.17) is 11.6 Å². The summed E-state index contributed by atoms with van der Waals surface area (Å²) in [7, 11) is 7.81. The molecule has 32 heteroatoms. The second-order valence-electron chi connectivity index (χ2n) is 30.0. The molecule has 0 radical (unpaired) electrons. The molecule has 101 heavy (non-hydrogen) atoms. The predicted octanol–water partition coefficient (Wildman–Crippen LogP) is 5.71. The van der Waals surface area contributed by atoms with E-state index in [2.05, 4.69) is 21.3 Å². The Morgan fingerprint density at radius 2 is 1.18 bits per heavy atom. The Balaban J connectivity index is 1.42. The second kappa shape index (κ2) is 35.3. The lowest BCUT2D eigenvalue weighted by Crippen LogP contribution is -2.65. The van der Waals surface area contributed by atoms with Crippen LogP contribution in [0.1, 0.15) is 176 Å². The third-order valence-electron chi connectivity index (χ3n) is 22.0. The first-order chi connectivity index (χ1) is 47.1. The highest BCUT2D eigenvalue weighted by Crippen LogP contribution is 2.45. The number of rotatable bonds is 12. The molecule has 6 aliphatic rings. The van der Waals surface area contributed by atoms with Crippen LogP contribution in [0, 0.1) is 35.5 Å². The number of nitrogens with one attached hydrogen (secondary N) is 4. The first-order valence-corrected chi connectivity index (χ1v) is 36.3. The largest absolute Gasteiger partial charge is 0.393 e. The van der Waals surface area contributed by atoms with Gasteiger partial charge in [0, 0.05) is 54.2 Å². The van der Waals surface area contributed by atoms with Crippen molar-refractivity contribution in [1.82, 2.24) is 60.5 Å². The van der Waals surface area contributed by atoms with Crippen molar-refractivity contribution in [2.75, 3.05) is 81.6 Å². The molecule has 0 aromatic carbocycles. The minimum absolute atomic E-state index is 0.0126. The molecular weight excluding hydrogens is 1360 g/mol. The van der Waals surface area contributed by atoms with E-state index in [1.54, 1.807) is 41.5 Å². The molecule has 6 fully saturated rings. The summed E-state index contributed by atoms with van der Waals surface area (Å²) in [5.41, 5.74) is -1.74. The summed E-state index contributed by atoms with van der Waals surface area (Å²) in [6, 6.07) is -10.4. The Bertz CT molecular complexity index is 2980. The number of hydrogen-bond acceptors (Lipinski definition) is 12. The number of amides is 12. The molecule has 1 spiro atoms. The Morgan fingerprint density at radius 1 is 0.594 bits per heavy atom. The van der Waals surface area contributed by atoms with Gasteiger partial charge in [-0.15, -0.1) is 11.6 Å². The fourth-order valence-electron chi connectivity index (χ4n) is 15.3. The first-order valence-electron chi connectivity index (χ1n) is 35.9. The lowest BCUT2D eigenvalue weighted by atomic mass is 9.78. The van der Waals surface area contributed by atoms with Crippen molar-refractivity contribution in [3.05, 3.63) is 0 Å². The molecule has 12 atom stereocenters. The monoisotopic (exact) mass is 1460 g/mol. The number of likely N-dealkylation sites (N-methyl/N-ethyl adjacent to an activating group) is 6. The van der Waals surface area contributed by atoms with Crippen LogP contribution in [0.5, 0.6) is 0 Å². The van der Waals surface area contributed by atoms with Crippen molar-refractivity contribution >= 4 is 82.5 Å². The summed E-state index contributed by atoms with van der Waals surface area (Å²) in [4.78, 5) is 184. The van der Waals surface area contributed by atoms with Gasteiger partial charge in [-0.2, -0.15) is 30.7 Å². The van der Waals surface area contributed by atoms with Gasteiger partial charge in [0.25, 0.3) is 0 Å². The summed E-state index contributed by atoms with van der Waals surface area (Å²) in [6.45, 7) is 4.60. The number of carbonyl (C=O) groups excluding carboxylic acids is 12. The van der Waals surface area contributed by atoms with E-state index < -0.39 is 205 Å². The maximum Gasteiger partial charge on any atom is 0.393 e. The Hall–Kier alpha value is -6.56. The van der Waals surface area contributed by atoms with Gasteiger partial charge in [-0.3, -0.25) is 57.5 Å². The molecule has 0 aromatic heterocycles. The van der Waals surface area contributed by atoms with Crippen LogP contribution in [0.15, 0.2) is 0 Å². The van der Waals surface area contributed by atoms with E-state index in [1.165, 1.54) is 52.1 Å². The number of nitrogens with zero attached hydrogens (tertiary/aromatic N) is 8. The van der Waals surface area contributed by atoms with E-state index in [9.17, 15) is 73.9 Å². The standard InChI is InChI=1S/C69H108ClF7N12O12/c1-13-41(5)56-64(100)84(9)36-54(92)82(7)37-55(93)86(11)51(33-43-21-16-15-17-22-43)63(99)83(8)35-52(90)78-47(27-25-44-24-26-45(46(70)32-44)69(75,76)77)62(98)89-30-20-23-49(89)59(95)81-66(28-18-19-29-66)65(101)87(12)57(42(6)14-2)60(96)79-48(61(97)88-38-67(71,72)68(73,74)39-88)34-53(91)85(10)50(31-40(3)4)58(94)80-56/h40-51,56-57H,13-39H2,1-12H3,(H,78,90)(H,79,96)(H,80,94)(H,81,95)/t41-,42-,44?,45?,46?,47-,48-,49-,50-,51-,56-,57-/m0/s1. The summed E-state index contributed by atoms with van der Waals surface area (Å²) in [5.74, 6) is -24.0. The Labute approximate surface area is 593 Å². The van der Waals surface area contributed by atoms with Gasteiger partial charge in [-0.25, -0.2) is 0 Å². The third kappa shape index (κ3) is 20.7. The number of alkyl halides is 8. The molecule has 3 saturated heterocycles. The number of fused-ring (bicyclic) bond motifs is 1. The van der Waals surface area contributed by atoms with Crippen LogP contribution in [0.25, 0.3) is 0 Å². The summed E-state index contributed by atoms with van der Waals surface area (Å²) in [5, 5.41) is 9.56. The fraction of sp³-hybridized carbons (Fsp3) is 0.826. The smallest absolute Gasteiger partial charge is 0.343 e. The zero-order valence-electron chi connectivity index (χ0n) is 60.7. The molecule has 0 bridgehead atoms. The van der Waals surface area contributed by atoms with Gasteiger partial charge in [0.15, 0.2) is 0 Å². The maximum absolute atomic E-state index is 15.4. The second-order valence-corrected chi connectivity index (χ2v) is 30.6. The van der Waals surface area contributed by atoms with Crippen LogP contribution in [0.3, 0.4) is 0 Å². The van der Waals surface area contributed by atoms with E-state index >= 15 is 14.4 Å². The van der Waals surface area contributed by atoms with Crippen molar-refractivity contribution < 1.29 is 88.3 Å². The molecule has 12 amide bonds. The first kappa shape index (κ1) is 83.4. The average Bonchev–Trinajstić information content (AvgIpc) is 1.66. The molecule has 3 unspecified atom stereocenters. The van der Waals surface area contributed by atoms with Crippen molar-refractivity contribution in [3.63, 3.8) is 0 Å². The molecule has 3 aliphatic heterocycles. The minimum atomic E-state index is -4.73. The van der Waals surface area contributed by atoms with Crippen molar-refractivity contribution in [2.24, 2.45) is 35.5 Å². The maximum atomic E-state index is 15.4. The van der Waals surface area contributed by atoms with Gasteiger partial charge in [0.2, 0.25) is 70.9 Å². The van der Waals surface area contributed by atoms with Crippen LogP contribution >= 0.6 is 11.6 Å². The normalized spacial score (nSPS) is 30.0. The van der Waals surface area contributed by atoms with E-state index in [1.807, 2.05) is 0 Å². The fourth-order valence-corrected chi connectivity index (χ4v) is 15.8. The molecular formula is C69H108ClF7N12O12. The lowest BCUT2D eigenvalue weighted by molar-refractivity contribution is -0.182. The van der Waals surface area contributed by atoms with Crippen LogP contribution < -0.4 is 21.3 Å². The SMILES string of the molecule is CC[C@H](C)[C@@H]1NC(=O)[C@H](CC(C)C)N(C)C(=O)C[C@@H](C(=O)N2CC(F)(F)C(F)(F)C2)NC(=O)[C@H]([C@@H](C)CC)N(C)C(=O)C2(CCCC2)NC(=O)[C@@H]2CCCN2C(=O)[C@H](CCC2CCC(C(F)(F)F)C(Cl)C2)NC(=O)CN(C)C(=O)[C@H](CC2CCCCC2)N(C)C(=O)CN(C)C(=O)CN(C)C1=O. The van der Waals surface area contributed by atoms with Crippen LogP contribution in [-0.2, 0) is 57.5 Å².